The summed E-state index contributed by atoms with van der Waals surface area (Å²) in [5.41, 5.74) is 1.16. The molecule has 158 valence electrons. The first-order chi connectivity index (χ1) is 13.9. The Bertz CT molecular complexity index is 966. The van der Waals surface area contributed by atoms with E-state index in [2.05, 4.69) is 21.2 Å². The van der Waals surface area contributed by atoms with Crippen LogP contribution in [0.4, 0.5) is 11.4 Å². The van der Waals surface area contributed by atoms with Crippen molar-refractivity contribution in [3.8, 4) is 0 Å². The molecule has 0 atom stereocenters. The zero-order valence-corrected chi connectivity index (χ0v) is 18.8. The second-order valence-corrected chi connectivity index (χ2v) is 9.15. The third-order valence-corrected chi connectivity index (χ3v) is 7.05. The highest BCUT2D eigenvalue weighted by atomic mass is 79.9. The molecule has 0 saturated carbocycles. The summed E-state index contributed by atoms with van der Waals surface area (Å²) in [6.07, 6.45) is 0. The average molecular weight is 486 g/mol. The molecule has 1 amide bonds. The van der Waals surface area contributed by atoms with Gasteiger partial charge in [-0.05, 0) is 60.1 Å². The molecule has 1 aliphatic rings. The maximum absolute atomic E-state index is 13.0. The van der Waals surface area contributed by atoms with E-state index in [4.69, 9.17) is 9.15 Å². The van der Waals surface area contributed by atoms with E-state index in [0.29, 0.717) is 49.7 Å². The highest BCUT2D eigenvalue weighted by Gasteiger charge is 2.28. The van der Waals surface area contributed by atoms with Gasteiger partial charge in [0.2, 0.25) is 10.0 Å². The van der Waals surface area contributed by atoms with E-state index in [1.54, 1.807) is 24.3 Å². The zero-order chi connectivity index (χ0) is 21.0. The number of nitrogens with one attached hydrogen (secondary N) is 1. The monoisotopic (exact) mass is 485 g/mol. The van der Waals surface area contributed by atoms with Crippen LogP contribution in [0.25, 0.3) is 0 Å². The second kappa shape index (κ2) is 9.29. The van der Waals surface area contributed by atoms with E-state index in [-0.39, 0.29) is 10.7 Å². The van der Waals surface area contributed by atoms with Gasteiger partial charge in [0.25, 0.3) is 5.91 Å². The summed E-state index contributed by atoms with van der Waals surface area (Å²) in [5.74, 6) is -0.325. The van der Waals surface area contributed by atoms with Crippen LogP contribution in [-0.2, 0) is 14.8 Å². The minimum absolute atomic E-state index is 0.129. The highest BCUT2D eigenvalue weighted by molar-refractivity contribution is 9.10. The number of carbonyl (C=O) groups excluding carboxylic acids is 1. The van der Waals surface area contributed by atoms with Gasteiger partial charge < -0.3 is 19.4 Å². The molecule has 0 radical (unpaired) electrons. The number of anilines is 2. The zero-order valence-electron chi connectivity index (χ0n) is 16.4. The molecular weight excluding hydrogens is 462 g/mol. The van der Waals surface area contributed by atoms with Crippen molar-refractivity contribution in [3.63, 3.8) is 0 Å². The van der Waals surface area contributed by atoms with Crippen LogP contribution in [0.2, 0.25) is 0 Å². The summed E-state index contributed by atoms with van der Waals surface area (Å²) in [6.45, 7) is 6.77. The van der Waals surface area contributed by atoms with Crippen LogP contribution in [-0.4, -0.2) is 58.0 Å². The summed E-state index contributed by atoms with van der Waals surface area (Å²) in [6, 6.07) is 7.99. The number of rotatable bonds is 7. The van der Waals surface area contributed by atoms with Gasteiger partial charge in [-0.1, -0.05) is 0 Å². The van der Waals surface area contributed by atoms with Gasteiger partial charge in [-0.2, -0.15) is 4.31 Å². The Morgan fingerprint density at radius 1 is 1.17 bits per heavy atom. The minimum Gasteiger partial charge on any atom is -0.444 e. The number of ether oxygens (including phenoxy) is 1. The lowest BCUT2D eigenvalue weighted by Crippen LogP contribution is -2.40. The number of benzene rings is 1. The smallest absolute Gasteiger partial charge is 0.291 e. The van der Waals surface area contributed by atoms with Gasteiger partial charge in [-0.15, -0.1) is 0 Å². The van der Waals surface area contributed by atoms with Crippen molar-refractivity contribution in [3.05, 3.63) is 40.8 Å². The van der Waals surface area contributed by atoms with Crippen molar-refractivity contribution in [2.75, 3.05) is 49.6 Å². The minimum atomic E-state index is -3.68. The molecule has 1 aromatic heterocycles. The maximum atomic E-state index is 13.0. The number of hydrogen-bond acceptors (Lipinski definition) is 6. The predicted octanol–water partition coefficient (Wildman–Crippen LogP) is 3.16. The molecule has 1 saturated heterocycles. The fraction of sp³-hybridized carbons (Fsp3) is 0.421. The Morgan fingerprint density at radius 3 is 2.45 bits per heavy atom. The van der Waals surface area contributed by atoms with Crippen molar-refractivity contribution in [1.29, 1.82) is 0 Å². The average Bonchev–Trinajstić information content (AvgIpc) is 3.17. The maximum Gasteiger partial charge on any atom is 0.291 e. The molecule has 0 spiro atoms. The number of halogens is 1. The SMILES string of the molecule is CCN(CC)c1ccc(S(=O)(=O)N2CCOCC2)cc1NC(=O)c1ccc(Br)o1. The molecule has 3 rings (SSSR count). The third-order valence-electron chi connectivity index (χ3n) is 4.73. The Balaban J connectivity index is 1.98. The van der Waals surface area contributed by atoms with Crippen molar-refractivity contribution >= 4 is 43.2 Å². The van der Waals surface area contributed by atoms with E-state index in [9.17, 15) is 13.2 Å². The lowest BCUT2D eigenvalue weighted by Gasteiger charge is -2.28. The Morgan fingerprint density at radius 2 is 1.86 bits per heavy atom. The van der Waals surface area contributed by atoms with E-state index < -0.39 is 15.9 Å². The fourth-order valence-electron chi connectivity index (χ4n) is 3.17. The number of amides is 1. The largest absolute Gasteiger partial charge is 0.444 e. The van der Waals surface area contributed by atoms with Gasteiger partial charge in [-0.25, -0.2) is 8.42 Å². The molecule has 0 unspecified atom stereocenters. The molecule has 1 N–H and O–H groups in total. The van der Waals surface area contributed by atoms with E-state index in [1.165, 1.54) is 10.4 Å². The van der Waals surface area contributed by atoms with Crippen molar-refractivity contribution in [2.24, 2.45) is 0 Å². The number of carbonyl (C=O) groups is 1. The van der Waals surface area contributed by atoms with Crippen molar-refractivity contribution in [1.82, 2.24) is 4.31 Å². The van der Waals surface area contributed by atoms with Crippen LogP contribution < -0.4 is 10.2 Å². The lowest BCUT2D eigenvalue weighted by atomic mass is 10.2. The topological polar surface area (TPSA) is 92.1 Å². The van der Waals surface area contributed by atoms with Gasteiger partial charge in [0.15, 0.2) is 10.4 Å². The molecular formula is C19H24BrN3O5S. The van der Waals surface area contributed by atoms with Crippen LogP contribution in [0.1, 0.15) is 24.4 Å². The van der Waals surface area contributed by atoms with Crippen molar-refractivity contribution in [2.45, 2.75) is 18.7 Å². The molecule has 1 aliphatic heterocycles. The molecule has 1 aromatic carbocycles. The summed E-state index contributed by atoms with van der Waals surface area (Å²) < 4.78 is 38.5. The number of morpholine rings is 1. The molecule has 8 nitrogen and oxygen atoms in total. The van der Waals surface area contributed by atoms with Crippen LogP contribution >= 0.6 is 15.9 Å². The number of sulfonamides is 1. The van der Waals surface area contributed by atoms with Crippen molar-refractivity contribution < 1.29 is 22.4 Å². The van der Waals surface area contributed by atoms with Crippen LogP contribution in [0.5, 0.6) is 0 Å². The van der Waals surface area contributed by atoms with Gasteiger partial charge in [-0.3, -0.25) is 4.79 Å². The Hall–Kier alpha value is -1.88. The quantitative estimate of drug-likeness (QED) is 0.647. The molecule has 0 aliphatic carbocycles. The van der Waals surface area contributed by atoms with Crippen LogP contribution in [0, 0.1) is 0 Å². The number of furan rings is 1. The van der Waals surface area contributed by atoms with Gasteiger partial charge in [0, 0.05) is 26.2 Å². The van der Waals surface area contributed by atoms with Gasteiger partial charge in [0.1, 0.15) is 0 Å². The number of hydrogen-bond donors (Lipinski definition) is 1. The predicted molar refractivity (Wildman–Crippen MR) is 114 cm³/mol. The van der Waals surface area contributed by atoms with E-state index in [1.807, 2.05) is 18.7 Å². The standard InChI is InChI=1S/C19H24BrN3O5S/c1-3-22(4-2)16-6-5-14(29(25,26)23-9-11-27-12-10-23)13-15(16)21-19(24)17-7-8-18(20)28-17/h5-8,13H,3-4,9-12H2,1-2H3,(H,21,24). The van der Waals surface area contributed by atoms with E-state index in [0.717, 1.165) is 5.69 Å². The molecule has 2 heterocycles. The summed E-state index contributed by atoms with van der Waals surface area (Å²) in [4.78, 5) is 14.8. The molecule has 29 heavy (non-hydrogen) atoms. The van der Waals surface area contributed by atoms with E-state index >= 15 is 0 Å². The van der Waals surface area contributed by atoms with Gasteiger partial charge >= 0.3 is 0 Å². The summed E-state index contributed by atoms with van der Waals surface area (Å²) >= 11 is 3.18. The fourth-order valence-corrected chi connectivity index (χ4v) is 4.91. The Kier molecular flexibility index (Phi) is 6.99. The second-order valence-electron chi connectivity index (χ2n) is 6.43. The third kappa shape index (κ3) is 4.82. The summed E-state index contributed by atoms with van der Waals surface area (Å²) in [5, 5.41) is 2.80. The summed E-state index contributed by atoms with van der Waals surface area (Å²) in [7, 11) is -3.68. The first kappa shape index (κ1) is 21.8. The van der Waals surface area contributed by atoms with Gasteiger partial charge in [0.05, 0.1) is 29.5 Å². The molecule has 1 fully saturated rings. The first-order valence-corrected chi connectivity index (χ1v) is 11.6. The van der Waals surface area contributed by atoms with Crippen LogP contribution in [0.3, 0.4) is 0 Å². The lowest BCUT2D eigenvalue weighted by molar-refractivity contribution is 0.0730. The number of nitrogens with zero attached hydrogens (tertiary/aromatic N) is 2. The molecule has 10 heteroatoms. The first-order valence-electron chi connectivity index (χ1n) is 9.40. The highest BCUT2D eigenvalue weighted by Crippen LogP contribution is 2.31. The molecule has 0 bridgehead atoms. The normalized spacial score (nSPS) is 15.3. The Labute approximate surface area is 179 Å². The molecule has 2 aromatic rings. The van der Waals surface area contributed by atoms with Crippen LogP contribution in [0.15, 0.2) is 44.3 Å².